The number of halogens is 1. The van der Waals surface area contributed by atoms with Crippen molar-refractivity contribution >= 4 is 11.6 Å². The van der Waals surface area contributed by atoms with Crippen LogP contribution < -0.4 is 14.8 Å². The number of aromatic nitrogens is 4. The van der Waals surface area contributed by atoms with Crippen molar-refractivity contribution in [3.8, 4) is 17.2 Å². The first-order valence-corrected chi connectivity index (χ1v) is 7.18. The summed E-state index contributed by atoms with van der Waals surface area (Å²) < 4.78 is 25.3. The predicted molar refractivity (Wildman–Crippen MR) is 86.6 cm³/mol. The molecule has 3 aromatic rings. The van der Waals surface area contributed by atoms with Crippen molar-refractivity contribution in [3.63, 3.8) is 0 Å². The van der Waals surface area contributed by atoms with Crippen molar-refractivity contribution in [1.82, 2.24) is 20.2 Å². The van der Waals surface area contributed by atoms with E-state index in [1.807, 2.05) is 0 Å². The summed E-state index contributed by atoms with van der Waals surface area (Å²) in [5.41, 5.74) is 0.835. The fourth-order valence-electron chi connectivity index (χ4n) is 2.25. The number of amides is 1. The maximum Gasteiger partial charge on any atom is 0.258 e. The highest BCUT2D eigenvalue weighted by atomic mass is 19.1. The van der Waals surface area contributed by atoms with E-state index >= 15 is 0 Å². The molecule has 0 aliphatic rings. The average Bonchev–Trinajstić information content (AvgIpc) is 3.16. The van der Waals surface area contributed by atoms with E-state index < -0.39 is 11.7 Å². The van der Waals surface area contributed by atoms with Crippen LogP contribution in [0.2, 0.25) is 0 Å². The van der Waals surface area contributed by atoms with Crippen molar-refractivity contribution < 1.29 is 18.7 Å². The highest BCUT2D eigenvalue weighted by Crippen LogP contribution is 2.29. The molecule has 0 saturated carbocycles. The molecule has 128 valence electrons. The lowest BCUT2D eigenvalue weighted by Crippen LogP contribution is -2.16. The molecule has 0 radical (unpaired) electrons. The minimum absolute atomic E-state index is 0.0742. The third-order valence-electron chi connectivity index (χ3n) is 3.46. The van der Waals surface area contributed by atoms with Crippen molar-refractivity contribution in [1.29, 1.82) is 0 Å². The Morgan fingerprint density at radius 1 is 1.16 bits per heavy atom. The number of benzene rings is 2. The number of anilines is 1. The molecule has 25 heavy (non-hydrogen) atoms. The lowest BCUT2D eigenvalue weighted by atomic mass is 10.1. The number of ether oxygens (including phenoxy) is 2. The van der Waals surface area contributed by atoms with Crippen LogP contribution in [0.1, 0.15) is 10.4 Å². The molecule has 8 nitrogen and oxygen atoms in total. The fraction of sp³-hybridized carbons (Fsp3) is 0.125. The Hall–Kier alpha value is -3.49. The van der Waals surface area contributed by atoms with Crippen molar-refractivity contribution in [3.05, 3.63) is 54.1 Å². The van der Waals surface area contributed by atoms with Crippen LogP contribution in [0, 0.1) is 5.82 Å². The zero-order chi connectivity index (χ0) is 17.8. The van der Waals surface area contributed by atoms with Gasteiger partial charge in [-0.15, -0.1) is 5.10 Å². The predicted octanol–water partition coefficient (Wildman–Crippen LogP) is 2.07. The molecule has 0 fully saturated rings. The molecule has 0 bridgehead atoms. The normalized spacial score (nSPS) is 10.4. The number of methoxy groups -OCH3 is 2. The number of carbonyl (C=O) groups excluding carboxylic acids is 1. The van der Waals surface area contributed by atoms with Gasteiger partial charge in [0.15, 0.2) is 0 Å². The smallest absolute Gasteiger partial charge is 0.258 e. The first-order chi connectivity index (χ1) is 12.1. The molecule has 1 heterocycles. The van der Waals surface area contributed by atoms with Gasteiger partial charge in [0.1, 0.15) is 23.6 Å². The lowest BCUT2D eigenvalue weighted by molar-refractivity contribution is 0.102. The Labute approximate surface area is 142 Å². The van der Waals surface area contributed by atoms with Crippen LogP contribution in [-0.2, 0) is 0 Å². The molecular formula is C16H14FN5O3. The van der Waals surface area contributed by atoms with E-state index in [4.69, 9.17) is 9.47 Å². The van der Waals surface area contributed by atoms with Crippen LogP contribution in [0.3, 0.4) is 0 Å². The summed E-state index contributed by atoms with van der Waals surface area (Å²) in [4.78, 5) is 12.7. The number of hydrogen-bond acceptors (Lipinski definition) is 6. The van der Waals surface area contributed by atoms with E-state index in [1.165, 1.54) is 37.4 Å². The first-order valence-electron chi connectivity index (χ1n) is 7.18. The van der Waals surface area contributed by atoms with Crippen LogP contribution in [0.5, 0.6) is 11.5 Å². The highest BCUT2D eigenvalue weighted by Gasteiger charge is 2.17. The Morgan fingerprint density at radius 3 is 2.68 bits per heavy atom. The van der Waals surface area contributed by atoms with Crippen LogP contribution in [-0.4, -0.2) is 40.3 Å². The monoisotopic (exact) mass is 343 g/mol. The second-order valence-electron chi connectivity index (χ2n) is 4.94. The number of carbonyl (C=O) groups is 1. The van der Waals surface area contributed by atoms with E-state index in [2.05, 4.69) is 20.8 Å². The number of nitrogens with zero attached hydrogens (tertiary/aromatic N) is 4. The summed E-state index contributed by atoms with van der Waals surface area (Å²) in [6, 6.07) is 8.69. The van der Waals surface area contributed by atoms with Gasteiger partial charge in [0.25, 0.3) is 5.91 Å². The minimum atomic E-state index is -0.552. The average molecular weight is 343 g/mol. The van der Waals surface area contributed by atoms with Gasteiger partial charge in [0.2, 0.25) is 0 Å². The zero-order valence-electron chi connectivity index (χ0n) is 13.4. The Morgan fingerprint density at radius 2 is 2.00 bits per heavy atom. The molecule has 1 aromatic heterocycles. The van der Waals surface area contributed by atoms with Gasteiger partial charge < -0.3 is 14.8 Å². The van der Waals surface area contributed by atoms with Crippen LogP contribution >= 0.6 is 0 Å². The zero-order valence-corrected chi connectivity index (χ0v) is 13.4. The van der Waals surface area contributed by atoms with Crippen molar-refractivity contribution in [2.75, 3.05) is 19.5 Å². The maximum absolute atomic E-state index is 13.6. The molecule has 9 heteroatoms. The van der Waals surface area contributed by atoms with Gasteiger partial charge in [-0.3, -0.25) is 4.79 Å². The Kier molecular flexibility index (Phi) is 4.55. The van der Waals surface area contributed by atoms with Gasteiger partial charge in [-0.25, -0.2) is 4.39 Å². The topological polar surface area (TPSA) is 91.2 Å². The molecule has 1 N–H and O–H groups in total. The van der Waals surface area contributed by atoms with Gasteiger partial charge in [-0.2, -0.15) is 4.68 Å². The fourth-order valence-corrected chi connectivity index (χ4v) is 2.25. The lowest BCUT2D eigenvalue weighted by Gasteiger charge is -2.13. The molecule has 2 aromatic carbocycles. The molecule has 0 saturated heterocycles. The Bertz CT molecular complexity index is 899. The van der Waals surface area contributed by atoms with Crippen LogP contribution in [0.25, 0.3) is 5.69 Å². The van der Waals surface area contributed by atoms with E-state index in [-0.39, 0.29) is 5.56 Å². The first kappa shape index (κ1) is 16.4. The number of hydrogen-bond donors (Lipinski definition) is 1. The summed E-state index contributed by atoms with van der Waals surface area (Å²) in [5, 5.41) is 13.5. The molecule has 0 aliphatic carbocycles. The maximum atomic E-state index is 13.6. The van der Waals surface area contributed by atoms with Gasteiger partial charge in [0.05, 0.1) is 31.2 Å². The minimum Gasteiger partial charge on any atom is -0.497 e. The van der Waals surface area contributed by atoms with Crippen molar-refractivity contribution in [2.45, 2.75) is 0 Å². The summed E-state index contributed by atoms with van der Waals surface area (Å²) in [5.74, 6) is -0.0970. The largest absolute Gasteiger partial charge is 0.497 e. The van der Waals surface area contributed by atoms with E-state index in [1.54, 1.807) is 18.2 Å². The second-order valence-corrected chi connectivity index (χ2v) is 4.94. The molecule has 0 unspecified atom stereocenters. The number of nitrogens with one attached hydrogen (secondary N) is 1. The Balaban J connectivity index is 1.96. The summed E-state index contributed by atoms with van der Waals surface area (Å²) in [6.07, 6.45) is 1.32. The molecule has 0 spiro atoms. The van der Waals surface area contributed by atoms with E-state index in [9.17, 15) is 9.18 Å². The van der Waals surface area contributed by atoms with Gasteiger partial charge >= 0.3 is 0 Å². The van der Waals surface area contributed by atoms with Crippen LogP contribution in [0.4, 0.5) is 10.1 Å². The van der Waals surface area contributed by atoms with E-state index in [0.29, 0.717) is 22.9 Å². The summed E-state index contributed by atoms with van der Waals surface area (Å²) in [7, 11) is 3.00. The molecule has 1 amide bonds. The third-order valence-corrected chi connectivity index (χ3v) is 3.46. The van der Waals surface area contributed by atoms with Gasteiger partial charge in [0, 0.05) is 6.07 Å². The van der Waals surface area contributed by atoms with E-state index in [0.717, 1.165) is 6.07 Å². The SMILES string of the molecule is COc1ccc(NC(=O)c2cc(F)ccc2-n2cnnn2)c(OC)c1. The third kappa shape index (κ3) is 3.39. The second kappa shape index (κ2) is 6.95. The quantitative estimate of drug-likeness (QED) is 0.763. The summed E-state index contributed by atoms with van der Waals surface area (Å²) >= 11 is 0. The van der Waals surface area contributed by atoms with Gasteiger partial charge in [-0.05, 0) is 40.8 Å². The highest BCUT2D eigenvalue weighted by molar-refractivity contribution is 6.07. The molecule has 0 atom stereocenters. The summed E-state index contributed by atoms with van der Waals surface area (Å²) in [6.45, 7) is 0. The molecule has 0 aliphatic heterocycles. The van der Waals surface area contributed by atoms with Gasteiger partial charge in [-0.1, -0.05) is 0 Å². The number of tetrazole rings is 1. The van der Waals surface area contributed by atoms with Crippen molar-refractivity contribution in [2.24, 2.45) is 0 Å². The molecule has 3 rings (SSSR count). The number of rotatable bonds is 5. The van der Waals surface area contributed by atoms with Crippen LogP contribution in [0.15, 0.2) is 42.7 Å². The standard InChI is InChI=1S/C16H14FN5O3/c1-24-11-4-5-13(15(8-11)25-2)19-16(23)12-7-10(17)3-6-14(12)22-9-18-20-21-22/h3-9H,1-2H3,(H,19,23). The molecular weight excluding hydrogens is 329 g/mol.